The quantitative estimate of drug-likeness (QED) is 0.590. The first-order valence-electron chi connectivity index (χ1n) is 8.22. The van der Waals surface area contributed by atoms with E-state index in [2.05, 4.69) is 5.32 Å². The van der Waals surface area contributed by atoms with Gasteiger partial charge in [-0.15, -0.1) is 0 Å². The Morgan fingerprint density at radius 1 is 1.07 bits per heavy atom. The van der Waals surface area contributed by atoms with E-state index in [4.69, 9.17) is 16.3 Å². The van der Waals surface area contributed by atoms with Crippen LogP contribution in [-0.4, -0.2) is 41.7 Å². The van der Waals surface area contributed by atoms with Crippen LogP contribution in [0.4, 0.5) is 10.1 Å². The second kappa shape index (κ2) is 8.18. The van der Waals surface area contributed by atoms with Crippen molar-refractivity contribution in [3.63, 3.8) is 0 Å². The Labute approximate surface area is 164 Å². The summed E-state index contributed by atoms with van der Waals surface area (Å²) >= 11 is 5.61. The van der Waals surface area contributed by atoms with Crippen LogP contribution in [0.5, 0.6) is 0 Å². The first-order chi connectivity index (χ1) is 13.4. The molecule has 0 aromatic heterocycles. The number of ether oxygens (including phenoxy) is 1. The Morgan fingerprint density at radius 2 is 1.71 bits per heavy atom. The van der Waals surface area contributed by atoms with Crippen molar-refractivity contribution in [1.82, 2.24) is 4.90 Å². The lowest BCUT2D eigenvalue weighted by Gasteiger charge is -2.13. The number of benzene rings is 2. The van der Waals surface area contributed by atoms with E-state index >= 15 is 0 Å². The van der Waals surface area contributed by atoms with Crippen LogP contribution in [0.3, 0.4) is 0 Å². The van der Waals surface area contributed by atoms with Crippen LogP contribution in [0.25, 0.3) is 0 Å². The summed E-state index contributed by atoms with van der Waals surface area (Å²) in [5.41, 5.74) is 0.829. The van der Waals surface area contributed by atoms with Gasteiger partial charge in [0.2, 0.25) is 0 Å². The summed E-state index contributed by atoms with van der Waals surface area (Å²) in [4.78, 5) is 49.0. The number of amides is 3. The third-order valence-corrected chi connectivity index (χ3v) is 4.27. The van der Waals surface area contributed by atoms with Gasteiger partial charge >= 0.3 is 5.97 Å². The molecule has 0 saturated carbocycles. The fraction of sp³-hybridized carbons (Fsp3) is 0.158. The molecule has 7 nitrogen and oxygen atoms in total. The lowest BCUT2D eigenvalue weighted by Crippen LogP contribution is -2.32. The predicted molar refractivity (Wildman–Crippen MR) is 97.4 cm³/mol. The van der Waals surface area contributed by atoms with Crippen LogP contribution >= 0.6 is 11.6 Å². The maximum absolute atomic E-state index is 13.1. The SMILES string of the molecule is O=C(COC(=O)CCN1C(=O)c2ccccc2C1=O)Nc1ccc(F)c(Cl)c1. The number of fused-ring (bicyclic) bond motifs is 1. The molecule has 0 aliphatic carbocycles. The van der Waals surface area contributed by atoms with E-state index in [1.165, 1.54) is 12.1 Å². The highest BCUT2D eigenvalue weighted by Crippen LogP contribution is 2.22. The molecule has 1 aliphatic heterocycles. The van der Waals surface area contributed by atoms with Gasteiger partial charge in [0, 0.05) is 12.2 Å². The number of carbonyl (C=O) groups is 4. The van der Waals surface area contributed by atoms with Crippen molar-refractivity contribution in [3.8, 4) is 0 Å². The third kappa shape index (κ3) is 4.17. The van der Waals surface area contributed by atoms with E-state index in [1.54, 1.807) is 24.3 Å². The van der Waals surface area contributed by atoms with Crippen LogP contribution in [0.15, 0.2) is 42.5 Å². The Kier molecular flexibility index (Phi) is 5.70. The predicted octanol–water partition coefficient (Wildman–Crippen LogP) is 2.65. The molecular weight excluding hydrogens is 391 g/mol. The van der Waals surface area contributed by atoms with E-state index in [1.807, 2.05) is 0 Å². The normalized spacial score (nSPS) is 12.7. The second-order valence-corrected chi connectivity index (χ2v) is 6.30. The maximum atomic E-state index is 13.1. The van der Waals surface area contributed by atoms with E-state index in [-0.39, 0.29) is 23.7 Å². The number of esters is 1. The first kappa shape index (κ1) is 19.5. The molecule has 0 radical (unpaired) electrons. The average Bonchev–Trinajstić information content (AvgIpc) is 2.92. The Morgan fingerprint density at radius 3 is 2.32 bits per heavy atom. The summed E-state index contributed by atoms with van der Waals surface area (Å²) < 4.78 is 17.9. The van der Waals surface area contributed by atoms with Gasteiger partial charge in [0.15, 0.2) is 6.61 Å². The molecule has 9 heteroatoms. The minimum absolute atomic E-state index is 0.152. The molecule has 2 aromatic rings. The molecule has 0 fully saturated rings. The van der Waals surface area contributed by atoms with E-state index in [9.17, 15) is 23.6 Å². The van der Waals surface area contributed by atoms with Gasteiger partial charge in [-0.05, 0) is 30.3 Å². The number of rotatable bonds is 6. The van der Waals surface area contributed by atoms with Crippen molar-refractivity contribution < 1.29 is 28.3 Å². The molecule has 1 N–H and O–H groups in total. The molecule has 0 saturated heterocycles. The lowest BCUT2D eigenvalue weighted by molar-refractivity contribution is -0.147. The standard InChI is InChI=1S/C19H14ClFN2O5/c20-14-9-11(5-6-15(14)21)22-16(24)10-28-17(25)7-8-23-18(26)12-3-1-2-4-13(12)19(23)27/h1-6,9H,7-8,10H2,(H,22,24). The van der Waals surface area contributed by atoms with Crippen molar-refractivity contribution in [3.05, 3.63) is 64.4 Å². The number of imide groups is 1. The molecule has 3 amide bonds. The van der Waals surface area contributed by atoms with E-state index < -0.39 is 36.1 Å². The molecule has 0 bridgehead atoms. The van der Waals surface area contributed by atoms with E-state index in [0.29, 0.717) is 11.1 Å². The topological polar surface area (TPSA) is 92.8 Å². The fourth-order valence-corrected chi connectivity index (χ4v) is 2.82. The zero-order chi connectivity index (χ0) is 20.3. The van der Waals surface area contributed by atoms with Crippen LogP contribution in [-0.2, 0) is 14.3 Å². The summed E-state index contributed by atoms with van der Waals surface area (Å²) in [5, 5.41) is 2.25. The summed E-state index contributed by atoms with van der Waals surface area (Å²) in [6.45, 7) is -0.726. The van der Waals surface area contributed by atoms with Gasteiger partial charge in [0.05, 0.1) is 22.6 Å². The third-order valence-electron chi connectivity index (χ3n) is 3.99. The van der Waals surface area contributed by atoms with Crippen molar-refractivity contribution in [2.24, 2.45) is 0 Å². The zero-order valence-electron chi connectivity index (χ0n) is 14.4. The molecule has 2 aromatic carbocycles. The molecule has 0 atom stereocenters. The van der Waals surface area contributed by atoms with Gasteiger partial charge in [-0.3, -0.25) is 24.1 Å². The zero-order valence-corrected chi connectivity index (χ0v) is 15.2. The summed E-state index contributed by atoms with van der Waals surface area (Å²) in [5.74, 6) is -2.96. The highest BCUT2D eigenvalue weighted by atomic mass is 35.5. The number of anilines is 1. The average molecular weight is 405 g/mol. The Hall–Kier alpha value is -3.26. The number of carbonyl (C=O) groups excluding carboxylic acids is 4. The summed E-state index contributed by atoms with van der Waals surface area (Å²) in [6, 6.07) is 10.00. The van der Waals surface area contributed by atoms with Crippen molar-refractivity contribution >= 4 is 41.0 Å². The van der Waals surface area contributed by atoms with Gasteiger partial charge in [0.25, 0.3) is 17.7 Å². The summed E-state index contributed by atoms with van der Waals surface area (Å²) in [7, 11) is 0. The molecule has 1 heterocycles. The molecule has 144 valence electrons. The minimum atomic E-state index is -0.746. The summed E-state index contributed by atoms with van der Waals surface area (Å²) in [6.07, 6.45) is -0.249. The molecule has 28 heavy (non-hydrogen) atoms. The number of nitrogens with one attached hydrogen (secondary N) is 1. The highest BCUT2D eigenvalue weighted by Gasteiger charge is 2.35. The highest BCUT2D eigenvalue weighted by molar-refractivity contribution is 6.31. The molecule has 3 rings (SSSR count). The molecule has 0 spiro atoms. The maximum Gasteiger partial charge on any atom is 0.308 e. The lowest BCUT2D eigenvalue weighted by atomic mass is 10.1. The van der Waals surface area contributed by atoms with Crippen molar-refractivity contribution in [2.75, 3.05) is 18.5 Å². The van der Waals surface area contributed by atoms with Gasteiger partial charge in [-0.2, -0.15) is 0 Å². The fourth-order valence-electron chi connectivity index (χ4n) is 2.63. The minimum Gasteiger partial charge on any atom is -0.456 e. The van der Waals surface area contributed by atoms with Crippen molar-refractivity contribution in [2.45, 2.75) is 6.42 Å². The Bertz CT molecular complexity index is 944. The molecular formula is C19H14ClFN2O5. The molecule has 0 unspecified atom stereocenters. The van der Waals surface area contributed by atoms with Crippen LogP contribution in [0.2, 0.25) is 5.02 Å². The van der Waals surface area contributed by atoms with Crippen molar-refractivity contribution in [1.29, 1.82) is 0 Å². The van der Waals surface area contributed by atoms with Gasteiger partial charge < -0.3 is 10.1 Å². The number of nitrogens with zero attached hydrogens (tertiary/aromatic N) is 1. The number of hydrogen-bond acceptors (Lipinski definition) is 5. The number of halogens is 2. The van der Waals surface area contributed by atoms with Crippen LogP contribution < -0.4 is 5.32 Å². The monoisotopic (exact) mass is 404 g/mol. The van der Waals surface area contributed by atoms with Gasteiger partial charge in [-0.1, -0.05) is 23.7 Å². The first-order valence-corrected chi connectivity index (χ1v) is 8.60. The van der Waals surface area contributed by atoms with E-state index in [0.717, 1.165) is 11.0 Å². The number of hydrogen-bond donors (Lipinski definition) is 1. The second-order valence-electron chi connectivity index (χ2n) is 5.90. The smallest absolute Gasteiger partial charge is 0.308 e. The molecule has 1 aliphatic rings. The largest absolute Gasteiger partial charge is 0.456 e. The van der Waals surface area contributed by atoms with Crippen LogP contribution in [0, 0.1) is 5.82 Å². The van der Waals surface area contributed by atoms with Gasteiger partial charge in [-0.25, -0.2) is 4.39 Å². The van der Waals surface area contributed by atoms with Gasteiger partial charge in [0.1, 0.15) is 5.82 Å². The van der Waals surface area contributed by atoms with Crippen LogP contribution in [0.1, 0.15) is 27.1 Å². The Balaban J connectivity index is 1.46.